The van der Waals surface area contributed by atoms with Crippen molar-refractivity contribution in [2.75, 3.05) is 13.6 Å². The van der Waals surface area contributed by atoms with Gasteiger partial charge in [-0.1, -0.05) is 18.1 Å². The molecule has 1 unspecified atom stereocenters. The minimum Gasteiger partial charge on any atom is -0.426 e. The van der Waals surface area contributed by atoms with Crippen molar-refractivity contribution in [1.29, 1.82) is 0 Å². The van der Waals surface area contributed by atoms with E-state index in [4.69, 9.17) is 11.2 Å². The van der Waals surface area contributed by atoms with E-state index in [9.17, 15) is 4.79 Å². The van der Waals surface area contributed by atoms with E-state index in [0.29, 0.717) is 18.3 Å². The number of esters is 1. The molecule has 0 saturated heterocycles. The molecule has 0 aromatic heterocycles. The maximum Gasteiger partial charge on any atom is 0.308 e. The molecule has 1 aliphatic rings. The predicted octanol–water partition coefficient (Wildman–Crippen LogP) is 2.59. The minimum absolute atomic E-state index is 0. The molecule has 19 heavy (non-hydrogen) atoms. The monoisotopic (exact) mass is 279 g/mol. The maximum atomic E-state index is 11.1. The Bertz CT molecular complexity index is 507. The lowest BCUT2D eigenvalue weighted by Gasteiger charge is -2.23. The van der Waals surface area contributed by atoms with Gasteiger partial charge in [-0.2, -0.15) is 0 Å². The van der Waals surface area contributed by atoms with Gasteiger partial charge in [-0.05, 0) is 37.1 Å². The summed E-state index contributed by atoms with van der Waals surface area (Å²) in [6.45, 7) is 2.05. The van der Waals surface area contributed by atoms with Crippen LogP contribution in [0.25, 0.3) is 0 Å². The first kappa shape index (κ1) is 15.6. The summed E-state index contributed by atoms with van der Waals surface area (Å²) in [7, 11) is 2.03. The summed E-state index contributed by atoms with van der Waals surface area (Å²) in [5.41, 5.74) is 2.37. The Hall–Kier alpha value is -1.50. The van der Waals surface area contributed by atoms with Gasteiger partial charge in [0.1, 0.15) is 5.75 Å². The van der Waals surface area contributed by atoms with Crippen molar-refractivity contribution >= 4 is 18.4 Å². The standard InChI is InChI=1S/C15H17NO2.ClH/c1-4-10-16(3)14-9-8-13-12(14)6-5-7-15(13)18-11(2)17;/h1,5-7,14H,8-10H2,2-3H3;1H. The molecule has 0 aliphatic heterocycles. The second-order valence-corrected chi connectivity index (χ2v) is 4.59. The van der Waals surface area contributed by atoms with Crippen molar-refractivity contribution in [2.24, 2.45) is 0 Å². The van der Waals surface area contributed by atoms with E-state index in [0.717, 1.165) is 18.4 Å². The highest BCUT2D eigenvalue weighted by Gasteiger charge is 2.28. The van der Waals surface area contributed by atoms with Gasteiger partial charge in [-0.15, -0.1) is 18.8 Å². The smallest absolute Gasteiger partial charge is 0.308 e. The van der Waals surface area contributed by atoms with Gasteiger partial charge in [0, 0.05) is 13.0 Å². The molecule has 0 N–H and O–H groups in total. The zero-order valence-corrected chi connectivity index (χ0v) is 12.0. The number of rotatable bonds is 3. The summed E-state index contributed by atoms with van der Waals surface area (Å²) >= 11 is 0. The Kier molecular flexibility index (Phi) is 5.41. The number of nitrogens with zero attached hydrogens (tertiary/aromatic N) is 1. The van der Waals surface area contributed by atoms with E-state index < -0.39 is 0 Å². The molecule has 2 rings (SSSR count). The van der Waals surface area contributed by atoms with Crippen LogP contribution in [-0.2, 0) is 11.2 Å². The molecule has 1 aromatic rings. The van der Waals surface area contributed by atoms with E-state index in [-0.39, 0.29) is 18.4 Å². The number of carbonyl (C=O) groups is 1. The number of halogens is 1. The van der Waals surface area contributed by atoms with Crippen molar-refractivity contribution in [3.8, 4) is 18.1 Å². The summed E-state index contributed by atoms with van der Waals surface area (Å²) in [6.07, 6.45) is 7.30. The zero-order chi connectivity index (χ0) is 13.1. The van der Waals surface area contributed by atoms with Gasteiger partial charge in [0.25, 0.3) is 0 Å². The summed E-state index contributed by atoms with van der Waals surface area (Å²) in [5, 5.41) is 0. The molecule has 1 atom stereocenters. The fraction of sp³-hybridized carbons (Fsp3) is 0.400. The average molecular weight is 280 g/mol. The van der Waals surface area contributed by atoms with Gasteiger partial charge in [0.15, 0.2) is 0 Å². The number of hydrogen-bond acceptors (Lipinski definition) is 3. The lowest BCUT2D eigenvalue weighted by Crippen LogP contribution is -2.23. The van der Waals surface area contributed by atoms with Crippen LogP contribution < -0.4 is 4.74 Å². The molecular formula is C15H18ClNO2. The largest absolute Gasteiger partial charge is 0.426 e. The van der Waals surface area contributed by atoms with Crippen molar-refractivity contribution in [3.05, 3.63) is 29.3 Å². The lowest BCUT2D eigenvalue weighted by molar-refractivity contribution is -0.131. The van der Waals surface area contributed by atoms with Crippen molar-refractivity contribution < 1.29 is 9.53 Å². The van der Waals surface area contributed by atoms with Crippen LogP contribution >= 0.6 is 12.4 Å². The van der Waals surface area contributed by atoms with Crippen LogP contribution in [0.5, 0.6) is 5.75 Å². The van der Waals surface area contributed by atoms with Gasteiger partial charge < -0.3 is 4.74 Å². The number of fused-ring (bicyclic) bond motifs is 1. The van der Waals surface area contributed by atoms with Crippen LogP contribution in [-0.4, -0.2) is 24.5 Å². The number of carbonyl (C=O) groups excluding carboxylic acids is 1. The van der Waals surface area contributed by atoms with Crippen LogP contribution in [0.2, 0.25) is 0 Å². The quantitative estimate of drug-likeness (QED) is 0.484. The molecule has 3 nitrogen and oxygen atoms in total. The van der Waals surface area contributed by atoms with Crippen LogP contribution in [0.4, 0.5) is 0 Å². The molecule has 0 fully saturated rings. The fourth-order valence-electron chi connectivity index (χ4n) is 2.56. The van der Waals surface area contributed by atoms with E-state index in [1.165, 1.54) is 12.5 Å². The van der Waals surface area contributed by atoms with E-state index in [2.05, 4.69) is 16.9 Å². The normalized spacial score (nSPS) is 16.4. The molecule has 0 amide bonds. The third kappa shape index (κ3) is 3.28. The highest BCUT2D eigenvalue weighted by Crippen LogP contribution is 2.39. The second kappa shape index (κ2) is 6.60. The van der Waals surface area contributed by atoms with Gasteiger partial charge in [0.05, 0.1) is 6.54 Å². The maximum absolute atomic E-state index is 11.1. The van der Waals surface area contributed by atoms with Gasteiger partial charge >= 0.3 is 5.97 Å². The third-order valence-corrected chi connectivity index (χ3v) is 3.32. The molecule has 0 saturated carbocycles. The van der Waals surface area contributed by atoms with E-state index in [1.54, 1.807) is 0 Å². The molecular weight excluding hydrogens is 262 g/mol. The predicted molar refractivity (Wildman–Crippen MR) is 77.5 cm³/mol. The number of benzene rings is 1. The molecule has 0 radical (unpaired) electrons. The molecule has 1 aromatic carbocycles. The molecule has 102 valence electrons. The van der Waals surface area contributed by atoms with Crippen LogP contribution in [0.3, 0.4) is 0 Å². The van der Waals surface area contributed by atoms with Crippen LogP contribution in [0.15, 0.2) is 18.2 Å². The molecule has 0 bridgehead atoms. The number of hydrogen-bond donors (Lipinski definition) is 0. The summed E-state index contributed by atoms with van der Waals surface area (Å²) in [6, 6.07) is 6.20. The van der Waals surface area contributed by atoms with E-state index >= 15 is 0 Å². The Balaban J connectivity index is 0.00000180. The first-order valence-corrected chi connectivity index (χ1v) is 6.07. The first-order chi connectivity index (χ1) is 8.63. The van der Waals surface area contributed by atoms with E-state index in [1.807, 2.05) is 19.2 Å². The number of ether oxygens (including phenoxy) is 1. The van der Waals surface area contributed by atoms with Crippen molar-refractivity contribution in [1.82, 2.24) is 4.90 Å². The average Bonchev–Trinajstić information content (AvgIpc) is 2.73. The number of terminal acetylenes is 1. The lowest BCUT2D eigenvalue weighted by atomic mass is 10.1. The molecule has 0 spiro atoms. The molecule has 1 aliphatic carbocycles. The topological polar surface area (TPSA) is 29.5 Å². The SMILES string of the molecule is C#CCN(C)C1CCc2c(OC(C)=O)cccc21.Cl. The summed E-state index contributed by atoms with van der Waals surface area (Å²) < 4.78 is 5.25. The zero-order valence-electron chi connectivity index (χ0n) is 11.2. The first-order valence-electron chi connectivity index (χ1n) is 6.07. The Morgan fingerprint density at radius 2 is 2.32 bits per heavy atom. The Labute approximate surface area is 120 Å². The highest BCUT2D eigenvalue weighted by atomic mass is 35.5. The molecule has 0 heterocycles. The minimum atomic E-state index is -0.274. The second-order valence-electron chi connectivity index (χ2n) is 4.59. The van der Waals surface area contributed by atoms with Crippen LogP contribution in [0.1, 0.15) is 30.5 Å². The van der Waals surface area contributed by atoms with Crippen molar-refractivity contribution in [2.45, 2.75) is 25.8 Å². The fourth-order valence-corrected chi connectivity index (χ4v) is 2.56. The van der Waals surface area contributed by atoms with Gasteiger partial charge in [-0.25, -0.2) is 0 Å². The highest BCUT2D eigenvalue weighted by molar-refractivity contribution is 5.85. The Morgan fingerprint density at radius 3 is 2.95 bits per heavy atom. The van der Waals surface area contributed by atoms with Gasteiger partial charge in [0.2, 0.25) is 0 Å². The van der Waals surface area contributed by atoms with Crippen LogP contribution in [0, 0.1) is 12.3 Å². The van der Waals surface area contributed by atoms with Crippen molar-refractivity contribution in [3.63, 3.8) is 0 Å². The third-order valence-electron chi connectivity index (χ3n) is 3.32. The Morgan fingerprint density at radius 1 is 1.58 bits per heavy atom. The van der Waals surface area contributed by atoms with Gasteiger partial charge in [-0.3, -0.25) is 9.69 Å². The molecule has 4 heteroatoms. The summed E-state index contributed by atoms with van der Waals surface area (Å²) in [5.74, 6) is 3.08. The summed E-state index contributed by atoms with van der Waals surface area (Å²) in [4.78, 5) is 13.2.